The second-order valence-corrected chi connectivity index (χ2v) is 8.98. The van der Waals surface area contributed by atoms with Crippen molar-refractivity contribution >= 4 is 55.1 Å². The van der Waals surface area contributed by atoms with Crippen LogP contribution >= 0.6 is 43.2 Å². The minimum Gasteiger partial charge on any atom is -0.481 e. The molecule has 1 aromatic rings. The van der Waals surface area contributed by atoms with E-state index in [4.69, 9.17) is 0 Å². The van der Waals surface area contributed by atoms with Crippen LogP contribution in [0.3, 0.4) is 0 Å². The number of carboxylic acid groups (broad SMARTS) is 1. The lowest BCUT2D eigenvalue weighted by molar-refractivity contribution is -0.151. The van der Waals surface area contributed by atoms with E-state index in [2.05, 4.69) is 37.2 Å². The topological polar surface area (TPSA) is 66.4 Å². The molecular weight excluding hydrogens is 410 g/mol. The van der Waals surface area contributed by atoms with E-state index in [0.29, 0.717) is 18.4 Å². The van der Waals surface area contributed by atoms with Gasteiger partial charge in [-0.25, -0.2) is 0 Å². The molecule has 0 aromatic carbocycles. The molecule has 1 amide bonds. The van der Waals surface area contributed by atoms with E-state index < -0.39 is 11.4 Å². The fourth-order valence-electron chi connectivity index (χ4n) is 2.55. The van der Waals surface area contributed by atoms with Gasteiger partial charge in [0.25, 0.3) is 5.91 Å². The Morgan fingerprint density at radius 3 is 2.70 bits per heavy atom. The number of aliphatic carboxylic acids is 1. The highest BCUT2D eigenvalue weighted by Crippen LogP contribution is 2.37. The number of hydrogen-bond acceptors (Lipinski definition) is 3. The fourth-order valence-corrected chi connectivity index (χ4v) is 5.35. The average Bonchev–Trinajstić information content (AvgIpc) is 2.71. The van der Waals surface area contributed by atoms with Gasteiger partial charge in [-0.3, -0.25) is 9.59 Å². The number of rotatable bonds is 3. The van der Waals surface area contributed by atoms with Gasteiger partial charge in [0, 0.05) is 6.04 Å². The van der Waals surface area contributed by atoms with Gasteiger partial charge in [0.2, 0.25) is 0 Å². The van der Waals surface area contributed by atoms with Crippen LogP contribution in [0.15, 0.2) is 13.6 Å². The van der Waals surface area contributed by atoms with Gasteiger partial charge in [0.1, 0.15) is 0 Å². The summed E-state index contributed by atoms with van der Waals surface area (Å²) < 4.78 is 1.61. The summed E-state index contributed by atoms with van der Waals surface area (Å²) in [6.45, 7) is 1.72. The number of nitrogens with one attached hydrogen (secondary N) is 1. The SMILES string of the molecule is CC1(C(=O)O)CCCCC1NC(=O)c1cc(Br)sc1Br. The van der Waals surface area contributed by atoms with Gasteiger partial charge in [0.05, 0.1) is 18.6 Å². The largest absolute Gasteiger partial charge is 0.481 e. The highest BCUT2D eigenvalue weighted by molar-refractivity contribution is 9.12. The van der Waals surface area contributed by atoms with Crippen LogP contribution in [-0.2, 0) is 4.79 Å². The Morgan fingerprint density at radius 2 is 2.15 bits per heavy atom. The van der Waals surface area contributed by atoms with E-state index >= 15 is 0 Å². The summed E-state index contributed by atoms with van der Waals surface area (Å²) in [5.41, 5.74) is -0.339. The third-order valence-corrected chi connectivity index (χ3v) is 6.24. The Morgan fingerprint density at radius 1 is 1.45 bits per heavy atom. The predicted molar refractivity (Wildman–Crippen MR) is 85.2 cm³/mol. The normalized spacial score (nSPS) is 26.2. The van der Waals surface area contributed by atoms with Crippen molar-refractivity contribution in [2.45, 2.75) is 38.6 Å². The second-order valence-electron chi connectivity index (χ2n) is 5.23. The Labute approximate surface area is 138 Å². The molecule has 1 aromatic heterocycles. The van der Waals surface area contributed by atoms with Gasteiger partial charge in [-0.05, 0) is 57.7 Å². The molecule has 0 spiro atoms. The number of thiophene rings is 1. The molecule has 0 radical (unpaired) electrons. The van der Waals surface area contributed by atoms with Gasteiger partial charge < -0.3 is 10.4 Å². The van der Waals surface area contributed by atoms with Crippen LogP contribution in [0.1, 0.15) is 43.0 Å². The first-order valence-corrected chi connectivity index (χ1v) is 8.74. The third kappa shape index (κ3) is 3.09. The van der Waals surface area contributed by atoms with Crippen LogP contribution < -0.4 is 5.32 Å². The van der Waals surface area contributed by atoms with Crippen molar-refractivity contribution in [2.24, 2.45) is 5.41 Å². The first-order chi connectivity index (χ1) is 9.34. The van der Waals surface area contributed by atoms with Crippen LogP contribution in [0.2, 0.25) is 0 Å². The van der Waals surface area contributed by atoms with Crippen molar-refractivity contribution < 1.29 is 14.7 Å². The molecule has 1 aliphatic carbocycles. The zero-order chi connectivity index (χ0) is 14.9. The van der Waals surface area contributed by atoms with Crippen molar-refractivity contribution in [1.82, 2.24) is 5.32 Å². The molecule has 0 bridgehead atoms. The molecule has 4 nitrogen and oxygen atoms in total. The Balaban J connectivity index is 2.17. The molecular formula is C13H15Br2NO3S. The molecule has 1 aliphatic rings. The van der Waals surface area contributed by atoms with Crippen molar-refractivity contribution in [3.05, 3.63) is 19.2 Å². The lowest BCUT2D eigenvalue weighted by Gasteiger charge is -2.38. The van der Waals surface area contributed by atoms with Crippen LogP contribution in [0.25, 0.3) is 0 Å². The van der Waals surface area contributed by atoms with Crippen molar-refractivity contribution in [1.29, 1.82) is 0 Å². The quantitative estimate of drug-likeness (QED) is 0.769. The number of amides is 1. The lowest BCUT2D eigenvalue weighted by atomic mass is 9.71. The standard InChI is InChI=1S/C13H15Br2NO3S/c1-13(12(18)19)5-3-2-4-8(13)16-11(17)7-6-9(14)20-10(7)15/h6,8H,2-5H2,1H3,(H,16,17)(H,18,19). The summed E-state index contributed by atoms with van der Waals surface area (Å²) >= 11 is 8.11. The summed E-state index contributed by atoms with van der Waals surface area (Å²) in [7, 11) is 0. The fraction of sp³-hybridized carbons (Fsp3) is 0.538. The van der Waals surface area contributed by atoms with E-state index in [9.17, 15) is 14.7 Å². The number of halogens is 2. The van der Waals surface area contributed by atoms with E-state index in [1.807, 2.05) is 0 Å². The smallest absolute Gasteiger partial charge is 0.311 e. The van der Waals surface area contributed by atoms with Crippen LogP contribution in [0.5, 0.6) is 0 Å². The van der Waals surface area contributed by atoms with E-state index in [0.717, 1.165) is 20.4 Å². The average molecular weight is 425 g/mol. The Hall–Kier alpha value is -0.400. The first kappa shape index (κ1) is 16.0. The highest BCUT2D eigenvalue weighted by atomic mass is 79.9. The zero-order valence-electron chi connectivity index (χ0n) is 10.9. The van der Waals surface area contributed by atoms with Gasteiger partial charge in [-0.2, -0.15) is 0 Å². The van der Waals surface area contributed by atoms with Gasteiger partial charge in [-0.1, -0.05) is 12.8 Å². The molecule has 2 unspecified atom stereocenters. The van der Waals surface area contributed by atoms with E-state index in [-0.39, 0.29) is 11.9 Å². The molecule has 2 rings (SSSR count). The molecule has 0 aliphatic heterocycles. The van der Waals surface area contributed by atoms with Gasteiger partial charge >= 0.3 is 5.97 Å². The van der Waals surface area contributed by atoms with Crippen molar-refractivity contribution in [3.8, 4) is 0 Å². The summed E-state index contributed by atoms with van der Waals surface area (Å²) in [5.74, 6) is -1.06. The second kappa shape index (κ2) is 6.15. The maximum Gasteiger partial charge on any atom is 0.311 e. The summed E-state index contributed by atoms with van der Waals surface area (Å²) in [5, 5.41) is 12.3. The maximum absolute atomic E-state index is 12.3. The number of hydrogen-bond donors (Lipinski definition) is 2. The summed E-state index contributed by atoms with van der Waals surface area (Å²) in [6.07, 6.45) is 3.14. The molecule has 2 atom stereocenters. The molecule has 110 valence electrons. The summed E-state index contributed by atoms with van der Waals surface area (Å²) in [4.78, 5) is 23.8. The Bertz CT molecular complexity index is 546. The molecule has 1 saturated carbocycles. The van der Waals surface area contributed by atoms with E-state index in [1.165, 1.54) is 11.3 Å². The number of carbonyl (C=O) groups is 2. The molecule has 1 fully saturated rings. The Kier molecular flexibility index (Phi) is 4.92. The zero-order valence-corrected chi connectivity index (χ0v) is 14.9. The minimum absolute atomic E-state index is 0.224. The molecule has 2 N–H and O–H groups in total. The van der Waals surface area contributed by atoms with Crippen molar-refractivity contribution in [3.63, 3.8) is 0 Å². The lowest BCUT2D eigenvalue weighted by Crippen LogP contribution is -2.52. The molecule has 7 heteroatoms. The molecule has 1 heterocycles. The number of carbonyl (C=O) groups excluding carboxylic acids is 1. The molecule has 20 heavy (non-hydrogen) atoms. The third-order valence-electron chi connectivity index (χ3n) is 3.90. The van der Waals surface area contributed by atoms with Gasteiger partial charge in [0.15, 0.2) is 0 Å². The monoisotopic (exact) mass is 423 g/mol. The molecule has 0 saturated heterocycles. The maximum atomic E-state index is 12.3. The van der Waals surface area contributed by atoms with Crippen LogP contribution in [0.4, 0.5) is 0 Å². The summed E-state index contributed by atoms with van der Waals surface area (Å²) in [6, 6.07) is 1.41. The van der Waals surface area contributed by atoms with Crippen molar-refractivity contribution in [2.75, 3.05) is 0 Å². The highest BCUT2D eigenvalue weighted by Gasteiger charge is 2.44. The first-order valence-electron chi connectivity index (χ1n) is 6.33. The minimum atomic E-state index is -0.881. The van der Waals surface area contributed by atoms with E-state index in [1.54, 1.807) is 13.0 Å². The predicted octanol–water partition coefficient (Wildman–Crippen LogP) is 4.04. The van der Waals surface area contributed by atoms with Gasteiger partial charge in [-0.15, -0.1) is 11.3 Å². The van der Waals surface area contributed by atoms with Crippen LogP contribution in [0, 0.1) is 5.41 Å². The van der Waals surface area contributed by atoms with Crippen LogP contribution in [-0.4, -0.2) is 23.0 Å². The number of carboxylic acids is 1.